The molecule has 0 atom stereocenters. The molecule has 0 N–H and O–H groups in total. The van der Waals surface area contributed by atoms with E-state index in [0.717, 1.165) is 16.9 Å². The Morgan fingerprint density at radius 2 is 1.90 bits per heavy atom. The molecule has 0 fully saturated rings. The highest BCUT2D eigenvalue weighted by Crippen LogP contribution is 2.20. The van der Waals surface area contributed by atoms with E-state index in [2.05, 4.69) is 9.97 Å². The number of rotatable bonds is 11. The summed E-state index contributed by atoms with van der Waals surface area (Å²) in [5.41, 5.74) is 1.89. The van der Waals surface area contributed by atoms with E-state index in [0.29, 0.717) is 44.8 Å². The molecule has 2 aromatic heterocycles. The van der Waals surface area contributed by atoms with Gasteiger partial charge in [-0.25, -0.2) is 4.98 Å². The van der Waals surface area contributed by atoms with Gasteiger partial charge in [-0.2, -0.15) is 0 Å². The number of benzene rings is 1. The highest BCUT2D eigenvalue weighted by Gasteiger charge is 2.17. The lowest BCUT2D eigenvalue weighted by Gasteiger charge is -2.22. The molecule has 3 aromatic rings. The second-order valence-electron chi connectivity index (χ2n) is 7.07. The molecule has 0 spiro atoms. The van der Waals surface area contributed by atoms with E-state index in [4.69, 9.17) is 9.15 Å². The number of pyridine rings is 1. The summed E-state index contributed by atoms with van der Waals surface area (Å²) < 4.78 is 10.8. The number of ether oxygens (including phenoxy) is 1. The molecule has 0 aliphatic rings. The van der Waals surface area contributed by atoms with E-state index in [1.54, 1.807) is 30.4 Å². The zero-order valence-corrected chi connectivity index (χ0v) is 17.7. The maximum Gasteiger partial charge on any atom is 0.307 e. The van der Waals surface area contributed by atoms with Crippen LogP contribution in [-0.2, 0) is 27.3 Å². The molecule has 31 heavy (non-hydrogen) atoms. The first-order chi connectivity index (χ1) is 15.2. The topological polar surface area (TPSA) is 85.5 Å². The average molecular weight is 421 g/mol. The monoisotopic (exact) mass is 421 g/mol. The van der Waals surface area contributed by atoms with E-state index < -0.39 is 0 Å². The van der Waals surface area contributed by atoms with E-state index in [1.165, 1.54) is 0 Å². The summed E-state index contributed by atoms with van der Waals surface area (Å²) in [6.45, 7) is 2.81. The number of aryl methyl sites for hydroxylation is 1. The minimum absolute atomic E-state index is 0.0250. The van der Waals surface area contributed by atoms with Crippen LogP contribution in [0.25, 0.3) is 11.3 Å². The van der Waals surface area contributed by atoms with Crippen molar-refractivity contribution < 1.29 is 18.7 Å². The van der Waals surface area contributed by atoms with Crippen molar-refractivity contribution >= 4 is 11.9 Å². The Balaban J connectivity index is 1.54. The van der Waals surface area contributed by atoms with Crippen molar-refractivity contribution in [2.75, 3.05) is 13.2 Å². The van der Waals surface area contributed by atoms with Crippen LogP contribution < -0.4 is 0 Å². The summed E-state index contributed by atoms with van der Waals surface area (Å²) in [7, 11) is 0. The molecule has 0 aliphatic carbocycles. The smallest absolute Gasteiger partial charge is 0.307 e. The molecule has 0 bridgehead atoms. The summed E-state index contributed by atoms with van der Waals surface area (Å²) >= 11 is 0. The zero-order chi connectivity index (χ0) is 21.9. The fraction of sp³-hybridized carbons (Fsp3) is 0.333. The predicted molar refractivity (Wildman–Crippen MR) is 116 cm³/mol. The summed E-state index contributed by atoms with van der Waals surface area (Å²) in [6, 6.07) is 13.5. The molecule has 1 aromatic carbocycles. The summed E-state index contributed by atoms with van der Waals surface area (Å²) in [5, 5.41) is 0. The average Bonchev–Trinajstić information content (AvgIpc) is 3.27. The SMILES string of the molecule is CCOC(=O)CCN(Cc1cccnc1)C(=O)CCCc1ncc(-c2ccccc2)o1. The number of carbonyl (C=O) groups is 2. The van der Waals surface area contributed by atoms with Crippen molar-refractivity contribution in [2.45, 2.75) is 39.2 Å². The Labute approximate surface area is 182 Å². The first-order valence-corrected chi connectivity index (χ1v) is 10.5. The lowest BCUT2D eigenvalue weighted by Crippen LogP contribution is -2.32. The Kier molecular flexibility index (Phi) is 8.34. The van der Waals surface area contributed by atoms with Crippen molar-refractivity contribution in [3.05, 3.63) is 72.5 Å². The van der Waals surface area contributed by atoms with E-state index in [-0.39, 0.29) is 18.3 Å². The van der Waals surface area contributed by atoms with Crippen LogP contribution in [0, 0.1) is 0 Å². The molecule has 162 valence electrons. The fourth-order valence-electron chi connectivity index (χ4n) is 3.17. The third kappa shape index (κ3) is 7.06. The van der Waals surface area contributed by atoms with Gasteiger partial charge in [0.2, 0.25) is 5.91 Å². The highest BCUT2D eigenvalue weighted by molar-refractivity contribution is 5.77. The van der Waals surface area contributed by atoms with Crippen LogP contribution in [0.4, 0.5) is 0 Å². The summed E-state index contributed by atoms with van der Waals surface area (Å²) in [4.78, 5) is 34.7. The number of amides is 1. The lowest BCUT2D eigenvalue weighted by atomic mass is 10.2. The van der Waals surface area contributed by atoms with Gasteiger partial charge >= 0.3 is 5.97 Å². The zero-order valence-electron chi connectivity index (χ0n) is 17.7. The van der Waals surface area contributed by atoms with Gasteiger partial charge in [-0.1, -0.05) is 36.4 Å². The van der Waals surface area contributed by atoms with Crippen molar-refractivity contribution in [1.82, 2.24) is 14.9 Å². The lowest BCUT2D eigenvalue weighted by molar-refractivity contribution is -0.144. The van der Waals surface area contributed by atoms with Crippen molar-refractivity contribution in [3.8, 4) is 11.3 Å². The van der Waals surface area contributed by atoms with Gasteiger partial charge in [0, 0.05) is 43.9 Å². The molecule has 7 heteroatoms. The molecular weight excluding hydrogens is 394 g/mol. The van der Waals surface area contributed by atoms with Gasteiger partial charge in [-0.15, -0.1) is 0 Å². The molecule has 3 rings (SSSR count). The molecule has 7 nitrogen and oxygen atoms in total. The summed E-state index contributed by atoms with van der Waals surface area (Å²) in [6.07, 6.45) is 6.80. The largest absolute Gasteiger partial charge is 0.466 e. The quantitative estimate of drug-likeness (QED) is 0.434. The third-order valence-electron chi connectivity index (χ3n) is 4.73. The maximum atomic E-state index is 12.8. The Morgan fingerprint density at radius 3 is 2.65 bits per heavy atom. The third-order valence-corrected chi connectivity index (χ3v) is 4.73. The van der Waals surface area contributed by atoms with Crippen LogP contribution in [-0.4, -0.2) is 39.9 Å². The Morgan fingerprint density at radius 1 is 1.06 bits per heavy atom. The van der Waals surface area contributed by atoms with Crippen LogP contribution in [0.2, 0.25) is 0 Å². The second kappa shape index (κ2) is 11.6. The molecular formula is C24H27N3O4. The van der Waals surface area contributed by atoms with Crippen molar-refractivity contribution in [1.29, 1.82) is 0 Å². The minimum Gasteiger partial charge on any atom is -0.466 e. The van der Waals surface area contributed by atoms with E-state index in [9.17, 15) is 9.59 Å². The number of aromatic nitrogens is 2. The van der Waals surface area contributed by atoms with Gasteiger partial charge in [0.25, 0.3) is 0 Å². The van der Waals surface area contributed by atoms with Gasteiger partial charge in [0.1, 0.15) is 0 Å². The van der Waals surface area contributed by atoms with Crippen LogP contribution in [0.1, 0.15) is 37.6 Å². The van der Waals surface area contributed by atoms with Crippen molar-refractivity contribution in [3.63, 3.8) is 0 Å². The first kappa shape index (κ1) is 22.2. The van der Waals surface area contributed by atoms with Crippen LogP contribution in [0.5, 0.6) is 0 Å². The molecule has 0 saturated carbocycles. The molecule has 0 aliphatic heterocycles. The molecule has 0 unspecified atom stereocenters. The Bertz CT molecular complexity index is 957. The number of hydrogen-bond acceptors (Lipinski definition) is 6. The van der Waals surface area contributed by atoms with E-state index >= 15 is 0 Å². The fourth-order valence-corrected chi connectivity index (χ4v) is 3.17. The number of esters is 1. The van der Waals surface area contributed by atoms with Gasteiger partial charge in [-0.05, 0) is 25.0 Å². The highest BCUT2D eigenvalue weighted by atomic mass is 16.5. The molecule has 0 saturated heterocycles. The maximum absolute atomic E-state index is 12.8. The normalized spacial score (nSPS) is 10.6. The van der Waals surface area contributed by atoms with Crippen LogP contribution in [0.15, 0.2) is 65.5 Å². The number of oxazole rings is 1. The predicted octanol–water partition coefficient (Wildman–Crippen LogP) is 4.04. The minimum atomic E-state index is -0.306. The van der Waals surface area contributed by atoms with Crippen LogP contribution >= 0.6 is 0 Å². The molecule has 2 heterocycles. The van der Waals surface area contributed by atoms with E-state index in [1.807, 2.05) is 42.5 Å². The summed E-state index contributed by atoms with van der Waals surface area (Å²) in [5.74, 6) is 0.995. The standard InChI is InChI=1S/C24H27N3O4/c1-2-30-24(29)13-15-27(18-19-8-7-14-25-16-19)23(28)12-6-11-22-26-17-21(31-22)20-9-4-3-5-10-20/h3-5,7-10,14,16-17H,2,6,11-13,15,18H2,1H3. The molecule has 1 amide bonds. The second-order valence-corrected chi connectivity index (χ2v) is 7.07. The van der Waals surface area contributed by atoms with Gasteiger partial charge in [0.05, 0.1) is 19.2 Å². The Hall–Kier alpha value is -3.48. The molecule has 0 radical (unpaired) electrons. The number of nitrogens with zero attached hydrogens (tertiary/aromatic N) is 3. The van der Waals surface area contributed by atoms with Gasteiger partial charge < -0.3 is 14.1 Å². The van der Waals surface area contributed by atoms with Crippen LogP contribution in [0.3, 0.4) is 0 Å². The van der Waals surface area contributed by atoms with Gasteiger partial charge in [-0.3, -0.25) is 14.6 Å². The first-order valence-electron chi connectivity index (χ1n) is 10.5. The van der Waals surface area contributed by atoms with Crippen molar-refractivity contribution in [2.24, 2.45) is 0 Å². The number of hydrogen-bond donors (Lipinski definition) is 0. The number of carbonyl (C=O) groups excluding carboxylic acids is 2. The van der Waals surface area contributed by atoms with Gasteiger partial charge in [0.15, 0.2) is 11.7 Å².